The van der Waals surface area contributed by atoms with Crippen molar-refractivity contribution in [3.8, 4) is 23.0 Å². The lowest BCUT2D eigenvalue weighted by Gasteiger charge is -2.34. The van der Waals surface area contributed by atoms with Gasteiger partial charge >= 0.3 is 0 Å². The number of hydrogen-bond acceptors (Lipinski definition) is 7. The summed E-state index contributed by atoms with van der Waals surface area (Å²) in [5, 5.41) is 2.96. The molecule has 3 aromatic carbocycles. The number of carbonyl (C=O) groups is 1. The maximum atomic E-state index is 12.9. The zero-order valence-corrected chi connectivity index (χ0v) is 23.0. The molecule has 2 saturated heterocycles. The first-order chi connectivity index (χ1) is 19.6. The van der Waals surface area contributed by atoms with Gasteiger partial charge in [0.05, 0.1) is 7.11 Å². The average molecular weight is 544 g/mol. The third kappa shape index (κ3) is 7.18. The van der Waals surface area contributed by atoms with Gasteiger partial charge in [0.1, 0.15) is 29.0 Å². The number of para-hydroxylation sites is 1. The lowest BCUT2D eigenvalue weighted by molar-refractivity contribution is -0.133. The Labute approximate surface area is 235 Å². The zero-order chi connectivity index (χ0) is 27.7. The summed E-state index contributed by atoms with van der Waals surface area (Å²) in [4.78, 5) is 28.1. The van der Waals surface area contributed by atoms with E-state index < -0.39 is 0 Å². The summed E-state index contributed by atoms with van der Waals surface area (Å²) >= 11 is 0. The fraction of sp³-hybridized carbons (Fsp3) is 0.406. The quantitative estimate of drug-likeness (QED) is 0.271. The van der Waals surface area contributed by atoms with Crippen LogP contribution in [-0.2, 0) is 4.79 Å². The number of rotatable bonds is 10. The highest BCUT2D eigenvalue weighted by atomic mass is 16.5. The van der Waals surface area contributed by atoms with E-state index in [-0.39, 0.29) is 17.7 Å². The second-order valence-corrected chi connectivity index (χ2v) is 10.5. The topological polar surface area (TPSA) is 80.7 Å². The number of nitrogens with zero attached hydrogens (tertiary/aromatic N) is 3. The summed E-state index contributed by atoms with van der Waals surface area (Å²) in [5.41, 5.74) is 1.61. The molecule has 0 N–H and O–H groups in total. The Bertz CT molecular complexity index is 1250. The molecule has 0 spiro atoms. The second-order valence-electron chi connectivity index (χ2n) is 10.5. The Hall–Kier alpha value is -3.91. The van der Waals surface area contributed by atoms with Gasteiger partial charge in [0, 0.05) is 45.0 Å². The van der Waals surface area contributed by atoms with Gasteiger partial charge in [-0.05, 0) is 79.0 Å². The molecule has 0 radical (unpaired) electrons. The number of nitroso groups, excluding NO2 is 1. The molecule has 0 saturated carbocycles. The van der Waals surface area contributed by atoms with Crippen LogP contribution in [0.2, 0.25) is 0 Å². The maximum Gasteiger partial charge on any atom is 0.223 e. The van der Waals surface area contributed by atoms with Gasteiger partial charge < -0.3 is 24.0 Å². The van der Waals surface area contributed by atoms with Crippen LogP contribution in [-0.4, -0.2) is 61.6 Å². The predicted molar refractivity (Wildman–Crippen MR) is 155 cm³/mol. The second kappa shape index (κ2) is 13.4. The Morgan fingerprint density at radius 3 is 2.20 bits per heavy atom. The fourth-order valence-corrected chi connectivity index (χ4v) is 5.56. The van der Waals surface area contributed by atoms with Crippen molar-refractivity contribution in [1.82, 2.24) is 9.80 Å². The van der Waals surface area contributed by atoms with E-state index in [9.17, 15) is 9.70 Å². The number of methoxy groups -OCH3 is 1. The first-order valence-corrected chi connectivity index (χ1v) is 14.1. The molecular weight excluding hydrogens is 506 g/mol. The van der Waals surface area contributed by atoms with Crippen LogP contribution >= 0.6 is 0 Å². The molecule has 0 aliphatic carbocycles. The largest absolute Gasteiger partial charge is 0.494 e. The minimum atomic E-state index is 0.0294. The van der Waals surface area contributed by atoms with Crippen molar-refractivity contribution in [1.29, 1.82) is 0 Å². The molecule has 40 heavy (non-hydrogen) atoms. The zero-order valence-electron chi connectivity index (χ0n) is 23.0. The monoisotopic (exact) mass is 543 g/mol. The summed E-state index contributed by atoms with van der Waals surface area (Å²) in [7, 11) is 1.50. The number of benzene rings is 3. The molecule has 0 unspecified atom stereocenters. The van der Waals surface area contributed by atoms with Gasteiger partial charge in [-0.1, -0.05) is 30.3 Å². The Morgan fingerprint density at radius 2 is 1.52 bits per heavy atom. The molecular formula is C32H37N3O5. The molecule has 2 aliphatic rings. The van der Waals surface area contributed by atoms with Crippen molar-refractivity contribution in [3.63, 3.8) is 0 Å². The third-order valence-electron chi connectivity index (χ3n) is 7.91. The number of piperidine rings is 2. The maximum absolute atomic E-state index is 12.9. The van der Waals surface area contributed by atoms with Crippen molar-refractivity contribution in [3.05, 3.63) is 83.3 Å². The molecule has 0 aromatic heterocycles. The van der Waals surface area contributed by atoms with Gasteiger partial charge in [-0.3, -0.25) is 4.79 Å². The molecule has 2 aliphatic heterocycles. The first kappa shape index (κ1) is 27.6. The lowest BCUT2D eigenvalue weighted by atomic mass is 9.89. The van der Waals surface area contributed by atoms with Crippen molar-refractivity contribution < 1.29 is 19.0 Å². The van der Waals surface area contributed by atoms with E-state index in [2.05, 4.69) is 34.3 Å². The molecule has 2 heterocycles. The number of ether oxygens (including phenoxy) is 3. The van der Waals surface area contributed by atoms with Gasteiger partial charge in [-0.25, -0.2) is 0 Å². The van der Waals surface area contributed by atoms with Gasteiger partial charge in [0.15, 0.2) is 5.75 Å². The Kier molecular flexibility index (Phi) is 9.29. The number of hydrogen-bond donors (Lipinski definition) is 0. The minimum absolute atomic E-state index is 0.0294. The van der Waals surface area contributed by atoms with E-state index in [4.69, 9.17) is 14.2 Å². The molecule has 3 aromatic rings. The van der Waals surface area contributed by atoms with Crippen molar-refractivity contribution in [2.75, 3.05) is 39.8 Å². The number of carbonyl (C=O) groups excluding carboxylic acids is 1. The van der Waals surface area contributed by atoms with Gasteiger partial charge in [-0.15, -0.1) is 4.91 Å². The molecule has 8 heteroatoms. The van der Waals surface area contributed by atoms with Gasteiger partial charge in [-0.2, -0.15) is 0 Å². The van der Waals surface area contributed by atoms with E-state index in [1.54, 1.807) is 18.2 Å². The fourth-order valence-electron chi connectivity index (χ4n) is 5.56. The third-order valence-corrected chi connectivity index (χ3v) is 7.91. The highest BCUT2D eigenvalue weighted by molar-refractivity contribution is 5.76. The number of amides is 1. The highest BCUT2D eigenvalue weighted by Crippen LogP contribution is 2.33. The van der Waals surface area contributed by atoms with E-state index >= 15 is 0 Å². The van der Waals surface area contributed by atoms with Crippen molar-refractivity contribution >= 4 is 11.6 Å². The van der Waals surface area contributed by atoms with Crippen molar-refractivity contribution in [2.24, 2.45) is 5.18 Å². The summed E-state index contributed by atoms with van der Waals surface area (Å²) in [5.74, 6) is 3.51. The standard InChI is InChI=1S/C32H37N3O5/c1-38-31-23-29(11-12-30(31)33-37)40-28-15-21-35(22-16-28)32(36)17-20-34-18-13-25(14-19-34)24-7-9-27(10-8-24)39-26-5-3-2-4-6-26/h2-12,23,25,28H,13-22H2,1H3. The van der Waals surface area contributed by atoms with E-state index in [0.29, 0.717) is 36.9 Å². The summed E-state index contributed by atoms with van der Waals surface area (Å²) < 4.78 is 17.2. The SMILES string of the molecule is COc1cc(OC2CCN(C(=O)CCN3CCC(c4ccc(Oc5ccccc5)cc4)CC3)CC2)ccc1N=O. The Morgan fingerprint density at radius 1 is 0.850 bits per heavy atom. The van der Waals surface area contributed by atoms with Crippen LogP contribution < -0.4 is 14.2 Å². The van der Waals surface area contributed by atoms with Crippen LogP contribution in [0.1, 0.15) is 43.6 Å². The molecule has 0 atom stereocenters. The minimum Gasteiger partial charge on any atom is -0.494 e. The first-order valence-electron chi connectivity index (χ1n) is 14.1. The van der Waals surface area contributed by atoms with E-state index in [1.165, 1.54) is 12.7 Å². The lowest BCUT2D eigenvalue weighted by Crippen LogP contribution is -2.43. The van der Waals surface area contributed by atoms with E-state index in [1.807, 2.05) is 35.2 Å². The summed E-state index contributed by atoms with van der Waals surface area (Å²) in [6.45, 7) is 4.22. The van der Waals surface area contributed by atoms with Crippen LogP contribution in [0.15, 0.2) is 78.0 Å². The molecule has 2 fully saturated rings. The summed E-state index contributed by atoms with van der Waals surface area (Å²) in [6.07, 6.45) is 4.35. The highest BCUT2D eigenvalue weighted by Gasteiger charge is 2.26. The predicted octanol–water partition coefficient (Wildman–Crippen LogP) is 6.52. The summed E-state index contributed by atoms with van der Waals surface area (Å²) in [6, 6.07) is 23.3. The van der Waals surface area contributed by atoms with Crippen molar-refractivity contribution in [2.45, 2.75) is 44.1 Å². The average Bonchev–Trinajstić information content (AvgIpc) is 3.01. The van der Waals surface area contributed by atoms with E-state index in [0.717, 1.165) is 56.8 Å². The molecule has 8 nitrogen and oxygen atoms in total. The Balaban J connectivity index is 1.01. The van der Waals surface area contributed by atoms with Crippen LogP contribution in [0.25, 0.3) is 0 Å². The van der Waals surface area contributed by atoms with Gasteiger partial charge in [0.25, 0.3) is 0 Å². The molecule has 5 rings (SSSR count). The van der Waals surface area contributed by atoms with Crippen LogP contribution in [0, 0.1) is 4.91 Å². The molecule has 210 valence electrons. The van der Waals surface area contributed by atoms with Crippen LogP contribution in [0.4, 0.5) is 5.69 Å². The van der Waals surface area contributed by atoms with Crippen LogP contribution in [0.3, 0.4) is 0 Å². The van der Waals surface area contributed by atoms with Gasteiger partial charge in [0.2, 0.25) is 5.91 Å². The van der Waals surface area contributed by atoms with Crippen LogP contribution in [0.5, 0.6) is 23.0 Å². The smallest absolute Gasteiger partial charge is 0.223 e. The molecule has 0 bridgehead atoms. The molecule has 1 amide bonds. The number of likely N-dealkylation sites (tertiary alicyclic amines) is 2. The normalized spacial score (nSPS) is 16.9.